The number of ether oxygens (including phenoxy) is 1. The number of fused-ring (bicyclic) bond motifs is 3. The molecule has 3 aromatic rings. The van der Waals surface area contributed by atoms with Crippen LogP contribution in [-0.2, 0) is 14.2 Å². The van der Waals surface area contributed by atoms with Gasteiger partial charge in [-0.3, -0.25) is 19.5 Å². The van der Waals surface area contributed by atoms with Crippen LogP contribution >= 0.6 is 11.6 Å². The van der Waals surface area contributed by atoms with Crippen molar-refractivity contribution in [3.63, 3.8) is 0 Å². The first-order valence-electron chi connectivity index (χ1n) is 17.1. The number of likely N-dealkylation sites (tertiary alicyclic amines) is 1. The van der Waals surface area contributed by atoms with Gasteiger partial charge in [0.15, 0.2) is 0 Å². The highest BCUT2D eigenvalue weighted by Gasteiger charge is 2.58. The Bertz CT molecular complexity index is 1710. The monoisotopic (exact) mass is 666 g/mol. The summed E-state index contributed by atoms with van der Waals surface area (Å²) in [5.41, 5.74) is 4.38. The van der Waals surface area contributed by atoms with Gasteiger partial charge >= 0.3 is 7.12 Å². The van der Waals surface area contributed by atoms with Crippen molar-refractivity contribution in [2.75, 3.05) is 6.61 Å². The Hall–Kier alpha value is -3.92. The number of hydrogen-bond donors (Lipinski definition) is 2. The van der Waals surface area contributed by atoms with Crippen molar-refractivity contribution in [1.82, 2.24) is 9.88 Å². The van der Waals surface area contributed by atoms with E-state index in [1.165, 1.54) is 6.07 Å². The van der Waals surface area contributed by atoms with Gasteiger partial charge in [0.25, 0.3) is 0 Å². The number of aromatic hydroxyl groups is 1. The van der Waals surface area contributed by atoms with Crippen LogP contribution in [0, 0.1) is 17.8 Å². The highest BCUT2D eigenvalue weighted by Crippen LogP contribution is 2.51. The van der Waals surface area contributed by atoms with Crippen molar-refractivity contribution >= 4 is 42.2 Å². The maximum atomic E-state index is 14.2. The van der Waals surface area contributed by atoms with E-state index in [0.717, 1.165) is 65.8 Å². The van der Waals surface area contributed by atoms with Gasteiger partial charge in [0, 0.05) is 12.2 Å². The molecule has 0 bridgehead atoms. The first-order valence-corrected chi connectivity index (χ1v) is 17.5. The van der Waals surface area contributed by atoms with E-state index in [4.69, 9.17) is 21.0 Å². The summed E-state index contributed by atoms with van der Waals surface area (Å²) in [6, 6.07) is 20.1. The zero-order valence-corrected chi connectivity index (χ0v) is 27.6. The molecule has 48 heavy (non-hydrogen) atoms. The lowest BCUT2D eigenvalue weighted by atomic mass is 9.58. The number of phenols is 1. The van der Waals surface area contributed by atoms with Gasteiger partial charge in [-0.2, -0.15) is 0 Å². The zero-order valence-electron chi connectivity index (χ0n) is 26.8. The normalized spacial score (nSPS) is 24.9. The summed E-state index contributed by atoms with van der Waals surface area (Å²) in [7, 11) is -1.07. The summed E-state index contributed by atoms with van der Waals surface area (Å²) in [5.74, 6) is -0.663. The quantitative estimate of drug-likeness (QED) is 0.144. The maximum absolute atomic E-state index is 14.2. The van der Waals surface area contributed by atoms with E-state index in [2.05, 4.69) is 4.98 Å². The number of allylic oxidation sites excluding steroid dienone is 1. The number of benzene rings is 2. The number of nitrogens with zero attached hydrogens (tertiary/aromatic N) is 2. The molecule has 4 aliphatic rings. The Morgan fingerprint density at radius 2 is 1.81 bits per heavy atom. The van der Waals surface area contributed by atoms with E-state index in [9.17, 15) is 19.7 Å². The van der Waals surface area contributed by atoms with Gasteiger partial charge in [0.2, 0.25) is 11.8 Å². The lowest BCUT2D eigenvalue weighted by Crippen LogP contribution is -2.47. The molecule has 0 spiro atoms. The molecule has 4 atom stereocenters. The summed E-state index contributed by atoms with van der Waals surface area (Å²) in [6.07, 6.45) is 9.82. The molecular formula is C38H40BClN2O6. The standard InChI is InChI=1S/C38H40BClN2O6/c40-32-21-28(43)16-14-24(32)19-25(33-13-7-8-18-41-33)15-17-34-35-26(23-47-29-11-5-2-6-12-29)20-30-36(31(35)22-39(46)48-34)38(45)42(37(30)44)27-9-3-1-4-10-27/h2,5-8,11-14,16,18-19,21,27,30-31,34,36,43,46H,1,3-4,9-10,15,17,20,22-23H2/b25-19-/t30-,31+,34-,36-/m1/s1. The smallest absolute Gasteiger partial charge is 0.455 e. The Morgan fingerprint density at radius 1 is 1.02 bits per heavy atom. The van der Waals surface area contributed by atoms with E-state index >= 15 is 0 Å². The number of pyridine rings is 1. The SMILES string of the molecule is O=C1[C@@H]2[C@@H](CC(COc3ccccc3)=C3[C@@H](CC/C(=C/c4ccc(O)cc4Cl)c4ccccn4)OB(O)C[C@@H]32)C(=O)N1C1CCCCC1. The minimum atomic E-state index is -1.07. The predicted octanol–water partition coefficient (Wildman–Crippen LogP) is 6.97. The van der Waals surface area contributed by atoms with E-state index in [-0.39, 0.29) is 42.5 Å². The minimum absolute atomic E-state index is 0.0461. The molecule has 2 aliphatic carbocycles. The van der Waals surface area contributed by atoms with E-state index < -0.39 is 25.1 Å². The summed E-state index contributed by atoms with van der Waals surface area (Å²) in [6.45, 7) is 0.270. The number of rotatable bonds is 9. The number of hydrogen-bond acceptors (Lipinski definition) is 7. The molecule has 3 fully saturated rings. The summed E-state index contributed by atoms with van der Waals surface area (Å²) < 4.78 is 12.6. The summed E-state index contributed by atoms with van der Waals surface area (Å²) in [4.78, 5) is 34.4. The van der Waals surface area contributed by atoms with Crippen LogP contribution in [0.2, 0.25) is 11.3 Å². The molecule has 2 aliphatic heterocycles. The second-order valence-corrected chi connectivity index (χ2v) is 13.8. The number of aromatic nitrogens is 1. The van der Waals surface area contributed by atoms with Gasteiger partial charge < -0.3 is 19.5 Å². The molecule has 0 unspecified atom stereocenters. The second kappa shape index (κ2) is 14.3. The lowest BCUT2D eigenvalue weighted by Gasteiger charge is -2.43. The Labute approximate surface area is 286 Å². The molecule has 0 radical (unpaired) electrons. The van der Waals surface area contributed by atoms with Crippen LogP contribution in [0.4, 0.5) is 0 Å². The number of halogens is 1. The first kappa shape index (κ1) is 32.6. The molecule has 7 rings (SSSR count). The predicted molar refractivity (Wildman–Crippen MR) is 185 cm³/mol. The Kier molecular flexibility index (Phi) is 9.71. The minimum Gasteiger partial charge on any atom is -0.508 e. The summed E-state index contributed by atoms with van der Waals surface area (Å²) >= 11 is 6.50. The molecule has 8 nitrogen and oxygen atoms in total. The number of carbonyl (C=O) groups excluding carboxylic acids is 2. The van der Waals surface area contributed by atoms with Gasteiger partial charge in [0.05, 0.1) is 28.7 Å². The summed E-state index contributed by atoms with van der Waals surface area (Å²) in [5, 5.41) is 21.5. The molecule has 1 aromatic heterocycles. The molecule has 2 aromatic carbocycles. The van der Waals surface area contributed by atoms with Gasteiger partial charge in [-0.25, -0.2) is 0 Å². The number of imide groups is 1. The fourth-order valence-corrected chi connectivity index (χ4v) is 8.47. The molecule has 1 saturated carbocycles. The van der Waals surface area contributed by atoms with Crippen LogP contribution in [0.5, 0.6) is 11.5 Å². The van der Waals surface area contributed by atoms with Gasteiger partial charge in [-0.05, 0) is 115 Å². The molecule has 248 valence electrons. The highest BCUT2D eigenvalue weighted by molar-refractivity contribution is 6.43. The molecule has 10 heteroatoms. The van der Waals surface area contributed by atoms with Crippen LogP contribution in [0.25, 0.3) is 11.6 Å². The molecular weight excluding hydrogens is 627 g/mol. The van der Waals surface area contributed by atoms with E-state index in [1.807, 2.05) is 54.6 Å². The van der Waals surface area contributed by atoms with Crippen molar-refractivity contribution < 1.29 is 29.1 Å². The fourth-order valence-electron chi connectivity index (χ4n) is 8.24. The molecule has 3 heterocycles. The first-order chi connectivity index (χ1) is 23.4. The van der Waals surface area contributed by atoms with E-state index in [1.54, 1.807) is 23.2 Å². The Morgan fingerprint density at radius 3 is 2.56 bits per heavy atom. The van der Waals surface area contributed by atoms with Crippen molar-refractivity contribution in [3.05, 3.63) is 100 Å². The van der Waals surface area contributed by atoms with E-state index in [0.29, 0.717) is 24.3 Å². The van der Waals surface area contributed by atoms with Crippen molar-refractivity contribution in [2.45, 2.75) is 69.8 Å². The second-order valence-electron chi connectivity index (χ2n) is 13.4. The van der Waals surface area contributed by atoms with Crippen LogP contribution in [0.15, 0.2) is 84.1 Å². The third-order valence-corrected chi connectivity index (χ3v) is 10.7. The third kappa shape index (κ3) is 6.69. The van der Waals surface area contributed by atoms with Gasteiger partial charge in [0.1, 0.15) is 18.1 Å². The highest BCUT2D eigenvalue weighted by atomic mass is 35.5. The number of carbonyl (C=O) groups is 2. The fraction of sp³-hybridized carbons (Fsp3) is 0.395. The topological polar surface area (TPSA) is 109 Å². The number of para-hydroxylation sites is 1. The van der Waals surface area contributed by atoms with Crippen LogP contribution in [0.3, 0.4) is 0 Å². The maximum Gasteiger partial charge on any atom is 0.455 e. The van der Waals surface area contributed by atoms with Crippen molar-refractivity contribution in [1.29, 1.82) is 0 Å². The van der Waals surface area contributed by atoms with Crippen LogP contribution in [0.1, 0.15) is 62.6 Å². The Balaban J connectivity index is 1.23. The number of amides is 2. The third-order valence-electron chi connectivity index (χ3n) is 10.4. The van der Waals surface area contributed by atoms with Crippen molar-refractivity contribution in [2.24, 2.45) is 17.8 Å². The average molecular weight is 667 g/mol. The zero-order chi connectivity index (χ0) is 33.2. The average Bonchev–Trinajstić information content (AvgIpc) is 3.36. The van der Waals surface area contributed by atoms with Crippen LogP contribution < -0.4 is 4.74 Å². The van der Waals surface area contributed by atoms with Crippen molar-refractivity contribution in [3.8, 4) is 11.5 Å². The molecule has 2 saturated heterocycles. The lowest BCUT2D eigenvalue weighted by molar-refractivity contribution is -0.143. The molecule has 2 amide bonds. The largest absolute Gasteiger partial charge is 0.508 e. The van der Waals surface area contributed by atoms with Crippen LogP contribution in [-0.4, -0.2) is 57.7 Å². The number of phenolic OH excluding ortho intramolecular Hbond substituents is 1. The molecule has 2 N–H and O–H groups in total. The van der Waals surface area contributed by atoms with Gasteiger partial charge in [-0.1, -0.05) is 55.1 Å². The van der Waals surface area contributed by atoms with Gasteiger partial charge in [-0.15, -0.1) is 0 Å².